The largest absolute Gasteiger partial charge is 0.477 e. The van der Waals surface area contributed by atoms with Gasteiger partial charge in [-0.3, -0.25) is 14.9 Å². The third-order valence-electron chi connectivity index (χ3n) is 2.20. The highest BCUT2D eigenvalue weighted by molar-refractivity contribution is 5.77. The summed E-state index contributed by atoms with van der Waals surface area (Å²) >= 11 is 0. The summed E-state index contributed by atoms with van der Waals surface area (Å²) in [7, 11) is 0. The van der Waals surface area contributed by atoms with E-state index in [0.717, 1.165) is 0 Å². The molecule has 1 rings (SSSR count). The summed E-state index contributed by atoms with van der Waals surface area (Å²) in [6, 6.07) is 4.32. The second-order valence-electron chi connectivity index (χ2n) is 3.53. The Hall–Kier alpha value is -2.59. The Morgan fingerprint density at radius 3 is 2.89 bits per heavy atom. The number of amides is 1. The minimum Gasteiger partial charge on any atom is -0.477 e. The van der Waals surface area contributed by atoms with E-state index in [-0.39, 0.29) is 31.1 Å². The highest BCUT2D eigenvalue weighted by atomic mass is 16.6. The maximum absolute atomic E-state index is 11.3. The Morgan fingerprint density at radius 1 is 1.58 bits per heavy atom. The van der Waals surface area contributed by atoms with Crippen molar-refractivity contribution >= 4 is 11.6 Å². The van der Waals surface area contributed by atoms with Crippen LogP contribution in [0.5, 0.6) is 5.75 Å². The van der Waals surface area contributed by atoms with Gasteiger partial charge in [0.25, 0.3) is 5.91 Å². The SMILES string of the molecule is C#CCNC(=O)COc1ccc(CN)cc1[N+](=O)[O-]. The normalized spacial score (nSPS) is 9.47. The lowest BCUT2D eigenvalue weighted by Gasteiger charge is -2.07. The monoisotopic (exact) mass is 263 g/mol. The van der Waals surface area contributed by atoms with Crippen molar-refractivity contribution in [1.82, 2.24) is 5.32 Å². The van der Waals surface area contributed by atoms with E-state index in [0.29, 0.717) is 5.56 Å². The summed E-state index contributed by atoms with van der Waals surface area (Å²) in [6.45, 7) is -0.0787. The molecule has 0 aliphatic heterocycles. The number of benzene rings is 1. The zero-order valence-corrected chi connectivity index (χ0v) is 10.1. The third-order valence-corrected chi connectivity index (χ3v) is 2.20. The molecule has 0 saturated carbocycles. The van der Waals surface area contributed by atoms with Gasteiger partial charge in [0, 0.05) is 12.6 Å². The van der Waals surface area contributed by atoms with E-state index < -0.39 is 10.8 Å². The second-order valence-corrected chi connectivity index (χ2v) is 3.53. The van der Waals surface area contributed by atoms with Crippen LogP contribution in [-0.4, -0.2) is 24.0 Å². The minimum absolute atomic E-state index is 0.0121. The molecular formula is C12H13N3O4. The van der Waals surface area contributed by atoms with E-state index in [2.05, 4.69) is 11.2 Å². The molecule has 3 N–H and O–H groups in total. The zero-order valence-electron chi connectivity index (χ0n) is 10.1. The van der Waals surface area contributed by atoms with Crippen LogP contribution in [0, 0.1) is 22.5 Å². The van der Waals surface area contributed by atoms with E-state index in [1.165, 1.54) is 12.1 Å². The number of nitro groups is 1. The second kappa shape index (κ2) is 6.98. The molecule has 0 atom stereocenters. The average Bonchev–Trinajstić information content (AvgIpc) is 2.42. The van der Waals surface area contributed by atoms with Gasteiger partial charge in [-0.15, -0.1) is 6.42 Å². The molecule has 19 heavy (non-hydrogen) atoms. The van der Waals surface area contributed by atoms with Gasteiger partial charge in [0.15, 0.2) is 12.4 Å². The molecule has 100 valence electrons. The van der Waals surface area contributed by atoms with E-state index in [9.17, 15) is 14.9 Å². The molecule has 0 saturated heterocycles. The van der Waals surface area contributed by atoms with Crippen LogP contribution in [0.4, 0.5) is 5.69 Å². The van der Waals surface area contributed by atoms with Crippen molar-refractivity contribution in [2.75, 3.05) is 13.2 Å². The first-order valence-electron chi connectivity index (χ1n) is 5.38. The number of carbonyl (C=O) groups is 1. The summed E-state index contributed by atoms with van der Waals surface area (Å²) in [5.74, 6) is 1.79. The molecule has 0 bridgehead atoms. The Balaban J connectivity index is 2.75. The van der Waals surface area contributed by atoms with Crippen molar-refractivity contribution in [2.24, 2.45) is 5.73 Å². The quantitative estimate of drug-likeness (QED) is 0.432. The van der Waals surface area contributed by atoms with Gasteiger partial charge < -0.3 is 15.8 Å². The van der Waals surface area contributed by atoms with Crippen LogP contribution >= 0.6 is 0 Å². The van der Waals surface area contributed by atoms with Gasteiger partial charge in [0.05, 0.1) is 11.5 Å². The Bertz CT molecular complexity index is 522. The van der Waals surface area contributed by atoms with Crippen LogP contribution in [0.15, 0.2) is 18.2 Å². The lowest BCUT2D eigenvalue weighted by Crippen LogP contribution is -2.29. The molecule has 1 aromatic carbocycles. The Kier molecular flexibility index (Phi) is 5.32. The molecule has 7 heteroatoms. The van der Waals surface area contributed by atoms with Crippen molar-refractivity contribution in [3.05, 3.63) is 33.9 Å². The standard InChI is InChI=1S/C12H13N3O4/c1-2-5-14-12(16)8-19-11-4-3-9(7-13)6-10(11)15(17)18/h1,3-4,6H,5,7-8,13H2,(H,14,16). The summed E-state index contributed by atoms with van der Waals surface area (Å²) in [4.78, 5) is 21.5. The van der Waals surface area contributed by atoms with E-state index in [4.69, 9.17) is 16.9 Å². The summed E-state index contributed by atoms with van der Waals surface area (Å²) in [5.41, 5.74) is 5.78. The van der Waals surface area contributed by atoms with Gasteiger partial charge >= 0.3 is 5.69 Å². The number of nitrogens with zero attached hydrogens (tertiary/aromatic N) is 1. The highest BCUT2D eigenvalue weighted by Gasteiger charge is 2.16. The maximum atomic E-state index is 11.3. The fourth-order valence-electron chi connectivity index (χ4n) is 1.30. The van der Waals surface area contributed by atoms with Crippen molar-refractivity contribution in [1.29, 1.82) is 0 Å². The molecule has 0 fully saturated rings. The van der Waals surface area contributed by atoms with Crippen LogP contribution < -0.4 is 15.8 Å². The molecule has 0 aliphatic carbocycles. The van der Waals surface area contributed by atoms with Crippen LogP contribution in [0.25, 0.3) is 0 Å². The molecule has 0 heterocycles. The van der Waals surface area contributed by atoms with Crippen LogP contribution in [-0.2, 0) is 11.3 Å². The lowest BCUT2D eigenvalue weighted by molar-refractivity contribution is -0.385. The van der Waals surface area contributed by atoms with Crippen molar-refractivity contribution in [3.63, 3.8) is 0 Å². The van der Waals surface area contributed by atoms with Crippen LogP contribution in [0.1, 0.15) is 5.56 Å². The van der Waals surface area contributed by atoms with Crippen LogP contribution in [0.3, 0.4) is 0 Å². The number of carbonyl (C=O) groups excluding carboxylic acids is 1. The number of hydrogen-bond acceptors (Lipinski definition) is 5. The first kappa shape index (κ1) is 14.5. The summed E-state index contributed by atoms with van der Waals surface area (Å²) in [5, 5.41) is 13.2. The Morgan fingerprint density at radius 2 is 2.32 bits per heavy atom. The van der Waals surface area contributed by atoms with Gasteiger partial charge in [-0.25, -0.2) is 0 Å². The number of hydrogen-bond donors (Lipinski definition) is 2. The number of nitrogens with one attached hydrogen (secondary N) is 1. The molecule has 7 nitrogen and oxygen atoms in total. The molecule has 0 radical (unpaired) electrons. The van der Waals surface area contributed by atoms with Gasteiger partial charge in [0.1, 0.15) is 0 Å². The fraction of sp³-hybridized carbons (Fsp3) is 0.250. The highest BCUT2D eigenvalue weighted by Crippen LogP contribution is 2.27. The molecule has 0 aliphatic rings. The first-order valence-corrected chi connectivity index (χ1v) is 5.38. The van der Waals surface area contributed by atoms with Gasteiger partial charge in [0.2, 0.25) is 0 Å². The van der Waals surface area contributed by atoms with Crippen molar-refractivity contribution in [2.45, 2.75) is 6.54 Å². The molecule has 0 unspecified atom stereocenters. The molecule has 0 aromatic heterocycles. The summed E-state index contributed by atoms with van der Waals surface area (Å²) < 4.78 is 5.09. The topological polar surface area (TPSA) is 107 Å². The van der Waals surface area contributed by atoms with E-state index >= 15 is 0 Å². The van der Waals surface area contributed by atoms with Crippen molar-refractivity contribution < 1.29 is 14.5 Å². The molecule has 0 spiro atoms. The fourth-order valence-corrected chi connectivity index (χ4v) is 1.30. The van der Waals surface area contributed by atoms with Crippen molar-refractivity contribution in [3.8, 4) is 18.1 Å². The first-order chi connectivity index (χ1) is 9.08. The van der Waals surface area contributed by atoms with E-state index in [1.807, 2.05) is 0 Å². The maximum Gasteiger partial charge on any atom is 0.311 e. The lowest BCUT2D eigenvalue weighted by atomic mass is 10.2. The Labute approximate surface area is 109 Å². The number of nitrogens with two attached hydrogens (primary N) is 1. The van der Waals surface area contributed by atoms with Crippen LogP contribution in [0.2, 0.25) is 0 Å². The van der Waals surface area contributed by atoms with E-state index in [1.54, 1.807) is 6.07 Å². The minimum atomic E-state index is -0.589. The summed E-state index contributed by atoms with van der Waals surface area (Å²) in [6.07, 6.45) is 4.97. The third kappa shape index (κ3) is 4.29. The molecular weight excluding hydrogens is 250 g/mol. The van der Waals surface area contributed by atoms with Gasteiger partial charge in [-0.1, -0.05) is 12.0 Å². The van der Waals surface area contributed by atoms with Gasteiger partial charge in [-0.05, 0) is 11.6 Å². The average molecular weight is 263 g/mol. The van der Waals surface area contributed by atoms with Gasteiger partial charge in [-0.2, -0.15) is 0 Å². The number of ether oxygens (including phenoxy) is 1. The predicted octanol–water partition coefficient (Wildman–Crippen LogP) is 0.182. The predicted molar refractivity (Wildman–Crippen MR) is 68.3 cm³/mol. The molecule has 1 aromatic rings. The number of nitro benzene ring substituents is 1. The smallest absolute Gasteiger partial charge is 0.311 e. The zero-order chi connectivity index (χ0) is 14.3. The molecule has 1 amide bonds. The number of rotatable bonds is 6. The number of terminal acetylenes is 1.